The minimum absolute atomic E-state index is 0.0970. The largest absolute Gasteiger partial charge is 0.495 e. The first kappa shape index (κ1) is 21.8. The number of thioether (sulfide) groups is 1. The number of methoxy groups -OCH3 is 1. The number of anilines is 1. The molecule has 30 heavy (non-hydrogen) atoms. The fraction of sp³-hybridized carbons (Fsp3) is 0.238. The lowest BCUT2D eigenvalue weighted by Gasteiger charge is -2.14. The van der Waals surface area contributed by atoms with Crippen molar-refractivity contribution in [1.29, 1.82) is 0 Å². The third-order valence-electron chi connectivity index (χ3n) is 4.19. The number of carbonyl (C=O) groups is 1. The molecule has 0 fully saturated rings. The first-order valence-corrected chi connectivity index (χ1v) is 10.0. The second kappa shape index (κ2) is 9.25. The fourth-order valence-corrected chi connectivity index (χ4v) is 3.66. The molecule has 0 aliphatic heterocycles. The molecule has 0 bridgehead atoms. The van der Waals surface area contributed by atoms with E-state index in [2.05, 4.69) is 10.3 Å². The lowest BCUT2D eigenvalue weighted by Crippen LogP contribution is -2.20. The third-order valence-corrected chi connectivity index (χ3v) is 5.18. The van der Waals surface area contributed by atoms with Gasteiger partial charge in [-0.3, -0.25) is 4.79 Å². The zero-order chi connectivity index (χ0) is 21.7. The van der Waals surface area contributed by atoms with Gasteiger partial charge in [0.2, 0.25) is 5.91 Å². The van der Waals surface area contributed by atoms with Crippen molar-refractivity contribution in [2.24, 2.45) is 0 Å². The van der Waals surface area contributed by atoms with Crippen LogP contribution in [-0.4, -0.2) is 34.5 Å². The summed E-state index contributed by atoms with van der Waals surface area (Å²) in [6.45, 7) is 0.690. The van der Waals surface area contributed by atoms with Crippen LogP contribution in [0.15, 0.2) is 59.9 Å². The van der Waals surface area contributed by atoms with Crippen LogP contribution in [-0.2, 0) is 11.3 Å². The lowest BCUT2D eigenvalue weighted by molar-refractivity contribution is -0.141. The highest BCUT2D eigenvalue weighted by atomic mass is 32.2. The Bertz CT molecular complexity index is 1020. The molecule has 3 aromatic rings. The molecule has 0 saturated carbocycles. The summed E-state index contributed by atoms with van der Waals surface area (Å²) in [4.78, 5) is 16.5. The van der Waals surface area contributed by atoms with Crippen LogP contribution < -0.4 is 10.1 Å². The number of halogens is 3. The first-order chi connectivity index (χ1) is 14.3. The molecular formula is C21H20F3N3O2S. The highest BCUT2D eigenvalue weighted by Gasteiger charge is 2.31. The van der Waals surface area contributed by atoms with Crippen molar-refractivity contribution >= 4 is 23.4 Å². The smallest absolute Gasteiger partial charge is 0.406 e. The number of nitrogens with one attached hydrogen (secondary N) is 1. The van der Waals surface area contributed by atoms with Crippen molar-refractivity contribution in [1.82, 2.24) is 9.55 Å². The molecule has 1 heterocycles. The van der Waals surface area contributed by atoms with Gasteiger partial charge in [0.05, 0.1) is 30.4 Å². The van der Waals surface area contributed by atoms with Crippen LogP contribution in [0.1, 0.15) is 5.56 Å². The van der Waals surface area contributed by atoms with E-state index in [1.807, 2.05) is 13.0 Å². The number of rotatable bonds is 7. The Hall–Kier alpha value is -2.94. The molecule has 0 aliphatic rings. The van der Waals surface area contributed by atoms with E-state index in [1.165, 1.54) is 13.3 Å². The van der Waals surface area contributed by atoms with E-state index in [4.69, 9.17) is 4.74 Å². The van der Waals surface area contributed by atoms with E-state index in [-0.39, 0.29) is 16.8 Å². The van der Waals surface area contributed by atoms with Gasteiger partial charge >= 0.3 is 6.18 Å². The number of benzene rings is 2. The maximum atomic E-state index is 13.2. The Balaban J connectivity index is 1.77. The molecule has 1 N–H and O–H groups in total. The summed E-state index contributed by atoms with van der Waals surface area (Å²) in [6.07, 6.45) is -3.03. The van der Waals surface area contributed by atoms with E-state index >= 15 is 0 Å². The Morgan fingerprint density at radius 3 is 2.60 bits per heavy atom. The number of ether oxygens (including phenoxy) is 1. The van der Waals surface area contributed by atoms with Crippen molar-refractivity contribution in [3.63, 3.8) is 0 Å². The molecule has 0 spiro atoms. The van der Waals surface area contributed by atoms with Gasteiger partial charge in [0.15, 0.2) is 5.16 Å². The zero-order valence-corrected chi connectivity index (χ0v) is 17.2. The van der Waals surface area contributed by atoms with Gasteiger partial charge in [-0.1, -0.05) is 48.2 Å². The Morgan fingerprint density at radius 2 is 1.93 bits per heavy atom. The molecule has 2 aromatic carbocycles. The predicted molar refractivity (Wildman–Crippen MR) is 111 cm³/mol. The number of amides is 1. The van der Waals surface area contributed by atoms with Gasteiger partial charge in [0, 0.05) is 0 Å². The zero-order valence-electron chi connectivity index (χ0n) is 16.4. The van der Waals surface area contributed by atoms with Gasteiger partial charge in [-0.2, -0.15) is 13.2 Å². The lowest BCUT2D eigenvalue weighted by atomic mass is 10.2. The van der Waals surface area contributed by atoms with E-state index in [0.717, 1.165) is 21.9 Å². The van der Waals surface area contributed by atoms with E-state index in [0.29, 0.717) is 22.7 Å². The molecule has 0 unspecified atom stereocenters. The van der Waals surface area contributed by atoms with E-state index in [1.54, 1.807) is 42.5 Å². The molecule has 0 radical (unpaired) electrons. The van der Waals surface area contributed by atoms with Crippen molar-refractivity contribution in [2.75, 3.05) is 18.2 Å². The summed E-state index contributed by atoms with van der Waals surface area (Å²) in [6, 6.07) is 14.1. The predicted octanol–water partition coefficient (Wildman–Crippen LogP) is 5.16. The maximum Gasteiger partial charge on any atom is 0.406 e. The Morgan fingerprint density at radius 1 is 1.20 bits per heavy atom. The topological polar surface area (TPSA) is 56.1 Å². The number of aromatic nitrogens is 2. The van der Waals surface area contributed by atoms with Crippen molar-refractivity contribution < 1.29 is 22.7 Å². The quantitative estimate of drug-likeness (QED) is 0.521. The number of imidazole rings is 1. The minimum atomic E-state index is -4.42. The molecule has 1 amide bonds. The SMILES string of the molecule is COc1ccc(C)cc1NC(=O)CSc1ncc(-c2ccccc2)n1CC(F)(F)F. The monoisotopic (exact) mass is 435 g/mol. The number of hydrogen-bond donors (Lipinski definition) is 1. The average Bonchev–Trinajstić information content (AvgIpc) is 3.08. The molecule has 158 valence electrons. The average molecular weight is 435 g/mol. The molecule has 0 saturated heterocycles. The normalized spacial score (nSPS) is 11.4. The van der Waals surface area contributed by atoms with Crippen LogP contribution in [0.2, 0.25) is 0 Å². The molecule has 1 aromatic heterocycles. The molecule has 0 atom stereocenters. The standard InChI is InChI=1S/C21H20F3N3O2S/c1-14-8-9-18(29-2)16(10-14)26-19(28)12-30-20-25-11-17(15-6-4-3-5-7-15)27(20)13-21(22,23)24/h3-11H,12-13H2,1-2H3,(H,26,28). The minimum Gasteiger partial charge on any atom is -0.495 e. The Kier molecular flexibility index (Phi) is 6.71. The van der Waals surface area contributed by atoms with E-state index in [9.17, 15) is 18.0 Å². The summed E-state index contributed by atoms with van der Waals surface area (Å²) in [7, 11) is 1.49. The van der Waals surface area contributed by atoms with Crippen molar-refractivity contribution in [3.8, 4) is 17.0 Å². The number of nitrogens with zero attached hydrogens (tertiary/aromatic N) is 2. The molecular weight excluding hydrogens is 415 g/mol. The van der Waals surface area contributed by atoms with Gasteiger partial charge in [0.25, 0.3) is 0 Å². The van der Waals surface area contributed by atoms with Gasteiger partial charge in [0.1, 0.15) is 12.3 Å². The highest BCUT2D eigenvalue weighted by Crippen LogP contribution is 2.30. The van der Waals surface area contributed by atoms with Gasteiger partial charge < -0.3 is 14.6 Å². The highest BCUT2D eigenvalue weighted by molar-refractivity contribution is 7.99. The molecule has 0 aliphatic carbocycles. The van der Waals surface area contributed by atoms with E-state index < -0.39 is 12.7 Å². The molecule has 5 nitrogen and oxygen atoms in total. The molecule has 3 rings (SSSR count). The second-order valence-corrected chi connectivity index (χ2v) is 7.48. The van der Waals surface area contributed by atoms with Crippen molar-refractivity contribution in [2.45, 2.75) is 24.8 Å². The summed E-state index contributed by atoms with van der Waals surface area (Å²) >= 11 is 0.947. The summed E-state index contributed by atoms with van der Waals surface area (Å²) in [5, 5.41) is 2.86. The number of hydrogen-bond acceptors (Lipinski definition) is 4. The van der Waals surface area contributed by atoms with Crippen molar-refractivity contribution in [3.05, 3.63) is 60.3 Å². The van der Waals surface area contributed by atoms with Crippen LogP contribution in [0.25, 0.3) is 11.3 Å². The summed E-state index contributed by atoms with van der Waals surface area (Å²) in [5.74, 6) is 0.0378. The summed E-state index contributed by atoms with van der Waals surface area (Å²) < 4.78 is 45.8. The van der Waals surface area contributed by atoms with Crippen LogP contribution in [0, 0.1) is 6.92 Å². The van der Waals surface area contributed by atoms with Crippen LogP contribution >= 0.6 is 11.8 Å². The number of carbonyl (C=O) groups excluding carboxylic acids is 1. The van der Waals surface area contributed by atoms with Crippen LogP contribution in [0.3, 0.4) is 0 Å². The number of alkyl halides is 3. The van der Waals surface area contributed by atoms with Crippen LogP contribution in [0.4, 0.5) is 18.9 Å². The third kappa shape index (κ3) is 5.56. The Labute approximate surface area is 176 Å². The van der Waals surface area contributed by atoms with Gasteiger partial charge in [-0.05, 0) is 30.2 Å². The first-order valence-electron chi connectivity index (χ1n) is 9.02. The molecule has 9 heteroatoms. The fourth-order valence-electron chi connectivity index (χ4n) is 2.88. The van der Waals surface area contributed by atoms with Crippen LogP contribution in [0.5, 0.6) is 5.75 Å². The second-order valence-electron chi connectivity index (χ2n) is 6.53. The summed E-state index contributed by atoms with van der Waals surface area (Å²) in [5.41, 5.74) is 2.41. The van der Waals surface area contributed by atoms with Gasteiger partial charge in [-0.15, -0.1) is 0 Å². The maximum absolute atomic E-state index is 13.2. The number of aryl methyl sites for hydroxylation is 1. The van der Waals surface area contributed by atoms with Gasteiger partial charge in [-0.25, -0.2) is 4.98 Å².